The molecule has 158 valence electrons. The Morgan fingerprint density at radius 1 is 0.781 bits per heavy atom. The number of allylic oxidation sites excluding steroid dienone is 1. The van der Waals surface area contributed by atoms with Crippen LogP contribution >= 0.6 is 0 Å². The number of hydrogen-bond acceptors (Lipinski definition) is 3. The van der Waals surface area contributed by atoms with Crippen LogP contribution in [0.2, 0.25) is 0 Å². The highest BCUT2D eigenvalue weighted by Gasteiger charge is 2.19. The lowest BCUT2D eigenvalue weighted by Gasteiger charge is -2.06. The molecule has 1 amide bonds. The van der Waals surface area contributed by atoms with Crippen LogP contribution in [0.3, 0.4) is 0 Å². The van der Waals surface area contributed by atoms with Crippen molar-refractivity contribution >= 4 is 15.9 Å². The average molecular weight is 440 g/mol. The molecule has 0 fully saturated rings. The van der Waals surface area contributed by atoms with Crippen molar-refractivity contribution in [3.05, 3.63) is 113 Å². The fourth-order valence-corrected chi connectivity index (χ4v) is 3.57. The molecule has 0 aliphatic carbocycles. The Kier molecular flexibility index (Phi) is 7.29. The van der Waals surface area contributed by atoms with Crippen LogP contribution in [0, 0.1) is 37.5 Å². The summed E-state index contributed by atoms with van der Waals surface area (Å²) in [4.78, 5) is 12.8. The zero-order chi connectivity index (χ0) is 23.0. The lowest BCUT2D eigenvalue weighted by Crippen LogP contribution is -2.31. The Morgan fingerprint density at radius 3 is 1.97 bits per heavy atom. The van der Waals surface area contributed by atoms with Crippen molar-refractivity contribution in [2.75, 3.05) is 0 Å². The quantitative estimate of drug-likeness (QED) is 0.493. The number of rotatable bonds is 3. The van der Waals surface area contributed by atoms with Crippen LogP contribution < -0.4 is 4.72 Å². The van der Waals surface area contributed by atoms with Crippen molar-refractivity contribution in [2.45, 2.75) is 18.7 Å². The lowest BCUT2D eigenvalue weighted by molar-refractivity contribution is -0.115. The van der Waals surface area contributed by atoms with Crippen LogP contribution in [0.1, 0.15) is 22.3 Å². The van der Waals surface area contributed by atoms with Crippen LogP contribution in [0.15, 0.2) is 95.4 Å². The van der Waals surface area contributed by atoms with E-state index in [-0.39, 0.29) is 10.5 Å². The minimum Gasteiger partial charge on any atom is -0.267 e. The predicted octanol–water partition coefficient (Wildman–Crippen LogP) is 4.14. The average Bonchev–Trinajstić information content (AvgIpc) is 2.78. The zero-order valence-corrected chi connectivity index (χ0v) is 18.5. The van der Waals surface area contributed by atoms with E-state index in [1.165, 1.54) is 18.2 Å². The van der Waals surface area contributed by atoms with Gasteiger partial charge in [0.15, 0.2) is 0 Å². The number of sulfonamides is 1. The number of amides is 1. The Labute approximate surface area is 189 Å². The standard InChI is InChI=1S/C27H21NO3S/c1-21-11-15-24(16-12-21)9-6-10-25(18-17-23-7-4-3-5-8-23)27(29)28-32(30,31)26-19-13-22(2)14-20-26/h3-5,7-8,10-16,19-20H,1-2H3,(H,28,29)/b25-10+. The number of nitrogens with one attached hydrogen (secondary N) is 1. The molecule has 1 N–H and O–H groups in total. The van der Waals surface area contributed by atoms with Crippen LogP contribution in [0.25, 0.3) is 0 Å². The van der Waals surface area contributed by atoms with Crippen molar-refractivity contribution in [1.82, 2.24) is 4.72 Å². The van der Waals surface area contributed by atoms with E-state index in [0.717, 1.165) is 16.7 Å². The SMILES string of the molecule is Cc1ccc(C#C/C=C(\C#Cc2ccccc2)C(=O)NS(=O)(=O)c2ccc(C)cc2)cc1. The van der Waals surface area contributed by atoms with Gasteiger partial charge in [-0.2, -0.15) is 0 Å². The van der Waals surface area contributed by atoms with E-state index >= 15 is 0 Å². The van der Waals surface area contributed by atoms with Gasteiger partial charge in [-0.3, -0.25) is 4.79 Å². The van der Waals surface area contributed by atoms with Gasteiger partial charge in [0.1, 0.15) is 0 Å². The molecule has 0 atom stereocenters. The number of aryl methyl sites for hydroxylation is 2. The number of carbonyl (C=O) groups is 1. The van der Waals surface area contributed by atoms with Gasteiger partial charge in [-0.15, -0.1) is 0 Å². The molecule has 0 radical (unpaired) electrons. The molecule has 0 heterocycles. The third-order valence-corrected chi connectivity index (χ3v) is 5.75. The highest BCUT2D eigenvalue weighted by atomic mass is 32.2. The van der Waals surface area contributed by atoms with E-state index in [4.69, 9.17) is 0 Å². The van der Waals surface area contributed by atoms with Gasteiger partial charge in [0.05, 0.1) is 10.5 Å². The maximum absolute atomic E-state index is 12.8. The molecule has 3 rings (SSSR count). The van der Waals surface area contributed by atoms with E-state index in [1.54, 1.807) is 24.3 Å². The predicted molar refractivity (Wildman–Crippen MR) is 126 cm³/mol. The molecular weight excluding hydrogens is 418 g/mol. The molecule has 0 bridgehead atoms. The summed E-state index contributed by atoms with van der Waals surface area (Å²) < 4.78 is 27.3. The van der Waals surface area contributed by atoms with Gasteiger partial charge in [0, 0.05) is 17.2 Å². The van der Waals surface area contributed by atoms with Gasteiger partial charge >= 0.3 is 0 Å². The van der Waals surface area contributed by atoms with E-state index in [1.807, 2.05) is 56.3 Å². The van der Waals surface area contributed by atoms with Crippen LogP contribution in [0.5, 0.6) is 0 Å². The van der Waals surface area contributed by atoms with E-state index in [9.17, 15) is 13.2 Å². The van der Waals surface area contributed by atoms with Crippen molar-refractivity contribution in [1.29, 1.82) is 0 Å². The van der Waals surface area contributed by atoms with Crippen molar-refractivity contribution < 1.29 is 13.2 Å². The Morgan fingerprint density at radius 2 is 1.34 bits per heavy atom. The summed E-state index contributed by atoms with van der Waals surface area (Å²) in [7, 11) is -4.04. The molecule has 0 aromatic heterocycles. The lowest BCUT2D eigenvalue weighted by atomic mass is 10.1. The molecular formula is C27H21NO3S. The number of carbonyl (C=O) groups excluding carboxylic acids is 1. The smallest absolute Gasteiger partial charge is 0.267 e. The summed E-state index contributed by atoms with van der Waals surface area (Å²) in [6.07, 6.45) is 1.33. The van der Waals surface area contributed by atoms with Crippen LogP contribution in [-0.4, -0.2) is 14.3 Å². The molecule has 0 unspecified atom stereocenters. The molecule has 32 heavy (non-hydrogen) atoms. The van der Waals surface area contributed by atoms with Crippen molar-refractivity contribution in [3.63, 3.8) is 0 Å². The first-order chi connectivity index (χ1) is 15.3. The molecule has 0 aliphatic heterocycles. The van der Waals surface area contributed by atoms with Gasteiger partial charge in [-0.1, -0.05) is 77.3 Å². The first-order valence-corrected chi connectivity index (χ1v) is 11.3. The molecule has 3 aromatic carbocycles. The molecule has 0 saturated carbocycles. The van der Waals surface area contributed by atoms with E-state index < -0.39 is 15.9 Å². The summed E-state index contributed by atoms with van der Waals surface area (Å²) in [5, 5.41) is 0. The van der Waals surface area contributed by atoms with E-state index in [0.29, 0.717) is 5.56 Å². The van der Waals surface area contributed by atoms with Gasteiger partial charge in [0.2, 0.25) is 0 Å². The first kappa shape index (κ1) is 22.6. The Bertz CT molecular complexity index is 1360. The largest absolute Gasteiger partial charge is 0.274 e. The van der Waals surface area contributed by atoms with Crippen molar-refractivity contribution in [3.8, 4) is 23.7 Å². The number of benzene rings is 3. The second-order valence-electron chi connectivity index (χ2n) is 7.06. The fraction of sp³-hybridized carbons (Fsp3) is 0.0741. The van der Waals surface area contributed by atoms with Gasteiger partial charge in [0.25, 0.3) is 15.9 Å². The molecule has 0 spiro atoms. The number of hydrogen-bond donors (Lipinski definition) is 1. The summed E-state index contributed by atoms with van der Waals surface area (Å²) in [5.74, 6) is 10.5. The summed E-state index contributed by atoms with van der Waals surface area (Å²) in [6, 6.07) is 22.9. The fourth-order valence-electron chi connectivity index (χ4n) is 2.60. The topological polar surface area (TPSA) is 63.2 Å². The summed E-state index contributed by atoms with van der Waals surface area (Å²) in [5.41, 5.74) is 3.44. The zero-order valence-electron chi connectivity index (χ0n) is 17.7. The molecule has 0 saturated heterocycles. The minimum atomic E-state index is -4.04. The maximum Gasteiger partial charge on any atom is 0.274 e. The summed E-state index contributed by atoms with van der Waals surface area (Å²) in [6.45, 7) is 3.83. The summed E-state index contributed by atoms with van der Waals surface area (Å²) >= 11 is 0. The van der Waals surface area contributed by atoms with Gasteiger partial charge in [-0.05, 0) is 50.2 Å². The van der Waals surface area contributed by atoms with Gasteiger partial charge in [-0.25, -0.2) is 13.1 Å². The molecule has 0 aliphatic rings. The minimum absolute atomic E-state index is 0.00226. The third kappa shape index (κ3) is 6.47. The first-order valence-electron chi connectivity index (χ1n) is 9.83. The Balaban J connectivity index is 1.91. The molecule has 5 heteroatoms. The molecule has 3 aromatic rings. The van der Waals surface area contributed by atoms with Crippen molar-refractivity contribution in [2.24, 2.45) is 0 Å². The second-order valence-corrected chi connectivity index (χ2v) is 8.74. The highest BCUT2D eigenvalue weighted by Crippen LogP contribution is 2.11. The monoisotopic (exact) mass is 439 g/mol. The van der Waals surface area contributed by atoms with Crippen LogP contribution in [-0.2, 0) is 14.8 Å². The normalized spacial score (nSPS) is 10.9. The second kappa shape index (κ2) is 10.3. The van der Waals surface area contributed by atoms with Crippen LogP contribution in [0.4, 0.5) is 0 Å². The Hall–Kier alpha value is -4.06. The van der Waals surface area contributed by atoms with Gasteiger partial charge < -0.3 is 0 Å². The maximum atomic E-state index is 12.8. The molecule has 4 nitrogen and oxygen atoms in total. The third-order valence-electron chi connectivity index (χ3n) is 4.40. The van der Waals surface area contributed by atoms with E-state index in [2.05, 4.69) is 28.4 Å². The highest BCUT2D eigenvalue weighted by molar-refractivity contribution is 7.90.